The van der Waals surface area contributed by atoms with E-state index in [-0.39, 0.29) is 11.9 Å². The van der Waals surface area contributed by atoms with Gasteiger partial charge in [0.15, 0.2) is 0 Å². The summed E-state index contributed by atoms with van der Waals surface area (Å²) in [7, 11) is 8.95. The van der Waals surface area contributed by atoms with Crippen molar-refractivity contribution in [3.8, 4) is 0 Å². The van der Waals surface area contributed by atoms with E-state index < -0.39 is 0 Å². The number of nitrogens with zero attached hydrogens (tertiary/aromatic N) is 2. The number of rotatable bonds is 41. The van der Waals surface area contributed by atoms with Crippen LogP contribution in [-0.4, -0.2) is 88.5 Å². The van der Waals surface area contributed by atoms with Crippen LogP contribution in [0.3, 0.4) is 0 Å². The van der Waals surface area contributed by atoms with Crippen molar-refractivity contribution in [2.45, 2.75) is 219 Å². The molecular formula is C46H94N2O4+2. The minimum absolute atomic E-state index is 0.146. The second kappa shape index (κ2) is 36.8. The van der Waals surface area contributed by atoms with Crippen LogP contribution in [0.1, 0.15) is 219 Å². The molecule has 0 N–H and O–H groups in total. The fraction of sp³-hybridized carbons (Fsp3) is 0.957. The van der Waals surface area contributed by atoms with Gasteiger partial charge in [0, 0.05) is 12.8 Å². The predicted molar refractivity (Wildman–Crippen MR) is 225 cm³/mol. The zero-order chi connectivity index (χ0) is 38.4. The van der Waals surface area contributed by atoms with E-state index in [0.717, 1.165) is 35.1 Å². The Balaban J connectivity index is 3.62. The molecule has 6 nitrogen and oxygen atoms in total. The number of quaternary nitrogens is 2. The summed E-state index contributed by atoms with van der Waals surface area (Å²) in [4.78, 5) is 24.5. The van der Waals surface area contributed by atoms with Gasteiger partial charge in [0.05, 0.1) is 41.3 Å². The zero-order valence-electron chi connectivity index (χ0n) is 36.4. The quantitative estimate of drug-likeness (QED) is 0.0356. The van der Waals surface area contributed by atoms with E-state index in [1.807, 2.05) is 0 Å². The molecule has 0 fully saturated rings. The van der Waals surface area contributed by atoms with Gasteiger partial charge in [-0.25, -0.2) is 0 Å². The lowest BCUT2D eigenvalue weighted by molar-refractivity contribution is -0.890. The number of hydrogen-bond acceptors (Lipinski definition) is 4. The minimum Gasteiger partial charge on any atom is -0.460 e. The molecule has 0 heterocycles. The Morgan fingerprint density at radius 3 is 0.808 bits per heavy atom. The molecule has 0 unspecified atom stereocenters. The molecule has 0 aromatic carbocycles. The molecule has 0 spiro atoms. The van der Waals surface area contributed by atoms with Crippen LogP contribution in [0.4, 0.5) is 0 Å². The maximum absolute atomic E-state index is 12.2. The Labute approximate surface area is 326 Å². The van der Waals surface area contributed by atoms with Crippen LogP contribution in [0.2, 0.25) is 0 Å². The monoisotopic (exact) mass is 739 g/mol. The van der Waals surface area contributed by atoms with Crippen LogP contribution in [0, 0.1) is 0 Å². The molecule has 6 heteroatoms. The molecule has 0 atom stereocenters. The van der Waals surface area contributed by atoms with Crippen molar-refractivity contribution in [1.82, 2.24) is 0 Å². The Morgan fingerprint density at radius 2 is 0.558 bits per heavy atom. The van der Waals surface area contributed by atoms with E-state index >= 15 is 0 Å². The first kappa shape index (κ1) is 50.9. The molecule has 52 heavy (non-hydrogen) atoms. The summed E-state index contributed by atoms with van der Waals surface area (Å²) in [6, 6.07) is 0. The molecule has 0 radical (unpaired) electrons. The van der Waals surface area contributed by atoms with E-state index in [9.17, 15) is 9.59 Å². The van der Waals surface area contributed by atoms with E-state index in [4.69, 9.17) is 9.47 Å². The summed E-state index contributed by atoms with van der Waals surface area (Å²) >= 11 is 0. The number of hydrogen-bond donors (Lipinski definition) is 0. The molecular weight excluding hydrogens is 645 g/mol. The summed E-state index contributed by atoms with van der Waals surface area (Å²) in [6.45, 7) is 9.48. The SMILES string of the molecule is CCCCCCCCCCCCCCCC[N+](C)(C)CCOC(=O)CCCCC(=O)OCC[N+](C)(C)CCCCCCCCCCCCCCCC. The van der Waals surface area contributed by atoms with Crippen molar-refractivity contribution in [2.24, 2.45) is 0 Å². The molecule has 0 amide bonds. The number of carbonyl (C=O) groups is 2. The van der Waals surface area contributed by atoms with Gasteiger partial charge in [0.25, 0.3) is 0 Å². The summed E-state index contributed by atoms with van der Waals surface area (Å²) in [5.74, 6) is -0.292. The summed E-state index contributed by atoms with van der Waals surface area (Å²) in [6.07, 6.45) is 40.8. The van der Waals surface area contributed by atoms with E-state index in [1.165, 1.54) is 180 Å². The fourth-order valence-electron chi connectivity index (χ4n) is 7.19. The second-order valence-corrected chi connectivity index (χ2v) is 17.6. The van der Waals surface area contributed by atoms with Crippen molar-refractivity contribution in [2.75, 3.05) is 67.6 Å². The number of likely N-dealkylation sites (N-methyl/N-ethyl adjacent to an activating group) is 2. The molecule has 0 rings (SSSR count). The average molecular weight is 739 g/mol. The molecule has 0 saturated heterocycles. The first-order valence-corrected chi connectivity index (χ1v) is 23.1. The van der Waals surface area contributed by atoms with Crippen LogP contribution < -0.4 is 0 Å². The second-order valence-electron chi connectivity index (χ2n) is 17.6. The average Bonchev–Trinajstić information content (AvgIpc) is 3.10. The lowest BCUT2D eigenvalue weighted by atomic mass is 10.0. The standard InChI is InChI=1S/C46H94N2O4/c1-7-9-11-13-15-17-19-21-23-25-27-29-31-35-39-47(3,4)41-43-51-45(49)37-33-34-38-46(50)52-44-42-48(5,6)40-36-32-30-28-26-24-22-20-18-16-14-12-10-8-2/h7-44H2,1-6H3/q+2. The van der Waals surface area contributed by atoms with Crippen LogP contribution >= 0.6 is 0 Å². The highest BCUT2D eigenvalue weighted by atomic mass is 16.5. The maximum atomic E-state index is 12.2. The summed E-state index contributed by atoms with van der Waals surface area (Å²) < 4.78 is 12.8. The largest absolute Gasteiger partial charge is 0.460 e. The van der Waals surface area contributed by atoms with E-state index in [1.54, 1.807) is 0 Å². The first-order chi connectivity index (χ1) is 25.1. The van der Waals surface area contributed by atoms with Gasteiger partial charge in [-0.3, -0.25) is 9.59 Å². The highest BCUT2D eigenvalue weighted by Crippen LogP contribution is 2.15. The van der Waals surface area contributed by atoms with E-state index in [0.29, 0.717) is 38.9 Å². The van der Waals surface area contributed by atoms with Gasteiger partial charge in [0.1, 0.15) is 26.3 Å². The molecule has 310 valence electrons. The molecule has 0 aliphatic heterocycles. The van der Waals surface area contributed by atoms with Crippen LogP contribution in [0.15, 0.2) is 0 Å². The summed E-state index contributed by atoms with van der Waals surface area (Å²) in [5.41, 5.74) is 0. The molecule has 0 aromatic heterocycles. The van der Waals surface area contributed by atoms with Crippen LogP contribution in [-0.2, 0) is 19.1 Å². The molecule has 0 aliphatic rings. The van der Waals surface area contributed by atoms with Gasteiger partial charge in [-0.2, -0.15) is 0 Å². The Kier molecular flexibility index (Phi) is 36.0. The zero-order valence-corrected chi connectivity index (χ0v) is 36.4. The molecule has 0 saturated carbocycles. The number of ether oxygens (including phenoxy) is 2. The predicted octanol–water partition coefficient (Wildman–Crippen LogP) is 12.7. The lowest BCUT2D eigenvalue weighted by Gasteiger charge is -2.29. The molecule has 0 aromatic rings. The van der Waals surface area contributed by atoms with Gasteiger partial charge >= 0.3 is 11.9 Å². The van der Waals surface area contributed by atoms with Gasteiger partial charge in [0.2, 0.25) is 0 Å². The smallest absolute Gasteiger partial charge is 0.305 e. The van der Waals surface area contributed by atoms with Crippen molar-refractivity contribution in [3.63, 3.8) is 0 Å². The third kappa shape index (κ3) is 38.6. The van der Waals surface area contributed by atoms with Crippen LogP contribution in [0.25, 0.3) is 0 Å². The maximum Gasteiger partial charge on any atom is 0.305 e. The Morgan fingerprint density at radius 1 is 0.327 bits per heavy atom. The number of unbranched alkanes of at least 4 members (excludes halogenated alkanes) is 27. The lowest BCUT2D eigenvalue weighted by Crippen LogP contribution is -2.43. The summed E-state index contributed by atoms with van der Waals surface area (Å²) in [5, 5.41) is 0. The highest BCUT2D eigenvalue weighted by molar-refractivity contribution is 5.70. The van der Waals surface area contributed by atoms with Gasteiger partial charge in [-0.05, 0) is 38.5 Å². The third-order valence-electron chi connectivity index (χ3n) is 11.2. The number of carbonyl (C=O) groups excluding carboxylic acids is 2. The van der Waals surface area contributed by atoms with Gasteiger partial charge in [-0.15, -0.1) is 0 Å². The molecule has 0 bridgehead atoms. The highest BCUT2D eigenvalue weighted by Gasteiger charge is 2.17. The third-order valence-corrected chi connectivity index (χ3v) is 11.2. The Hall–Kier alpha value is -1.14. The fourth-order valence-corrected chi connectivity index (χ4v) is 7.19. The van der Waals surface area contributed by atoms with Crippen molar-refractivity contribution in [1.29, 1.82) is 0 Å². The topological polar surface area (TPSA) is 52.6 Å². The van der Waals surface area contributed by atoms with Crippen molar-refractivity contribution >= 4 is 11.9 Å². The normalized spacial score (nSPS) is 12.0. The van der Waals surface area contributed by atoms with Crippen molar-refractivity contribution in [3.05, 3.63) is 0 Å². The van der Waals surface area contributed by atoms with Gasteiger partial charge < -0.3 is 18.4 Å². The Bertz CT molecular complexity index is 720. The molecule has 0 aliphatic carbocycles. The van der Waals surface area contributed by atoms with Gasteiger partial charge in [-0.1, -0.05) is 168 Å². The first-order valence-electron chi connectivity index (χ1n) is 23.1. The number of esters is 2. The van der Waals surface area contributed by atoms with E-state index in [2.05, 4.69) is 42.0 Å². The minimum atomic E-state index is -0.146. The van der Waals surface area contributed by atoms with Crippen LogP contribution in [0.5, 0.6) is 0 Å². The van der Waals surface area contributed by atoms with Crippen molar-refractivity contribution < 1.29 is 28.0 Å².